The predicted molar refractivity (Wildman–Crippen MR) is 77.1 cm³/mol. The van der Waals surface area contributed by atoms with Gasteiger partial charge in [-0.2, -0.15) is 4.98 Å². The molecule has 0 aromatic carbocycles. The number of carboxylic acids is 1. The summed E-state index contributed by atoms with van der Waals surface area (Å²) in [6, 6.07) is -0.918. The third-order valence-corrected chi connectivity index (χ3v) is 3.59. The van der Waals surface area contributed by atoms with Gasteiger partial charge in [0.05, 0.1) is 6.42 Å². The van der Waals surface area contributed by atoms with Crippen molar-refractivity contribution in [2.75, 3.05) is 0 Å². The first-order valence-electron chi connectivity index (χ1n) is 6.84. The van der Waals surface area contributed by atoms with E-state index >= 15 is 0 Å². The molecule has 3 N–H and O–H groups in total. The third kappa shape index (κ3) is 4.40. The molecule has 7 heteroatoms. The molecule has 0 aliphatic rings. The van der Waals surface area contributed by atoms with Gasteiger partial charge in [-0.1, -0.05) is 20.3 Å². The zero-order valence-corrected chi connectivity index (χ0v) is 12.7. The summed E-state index contributed by atoms with van der Waals surface area (Å²) in [4.78, 5) is 40.7. The first kappa shape index (κ1) is 16.9. The van der Waals surface area contributed by atoms with Crippen LogP contribution in [0.5, 0.6) is 0 Å². The Kier molecular flexibility index (Phi) is 5.63. The highest BCUT2D eigenvalue weighted by molar-refractivity contribution is 5.85. The molecule has 1 rings (SSSR count). The molecule has 1 aromatic rings. The van der Waals surface area contributed by atoms with Gasteiger partial charge in [0, 0.05) is 17.0 Å². The molecule has 0 aliphatic heterocycles. The number of rotatable bonds is 6. The number of nitrogens with one attached hydrogen (secondary N) is 2. The Morgan fingerprint density at radius 2 is 2.00 bits per heavy atom. The van der Waals surface area contributed by atoms with Crippen LogP contribution in [0.15, 0.2) is 4.79 Å². The number of hydrogen-bond acceptors (Lipinski definition) is 4. The van der Waals surface area contributed by atoms with Crippen LogP contribution >= 0.6 is 0 Å². The predicted octanol–water partition coefficient (Wildman–Crippen LogP) is 0.545. The van der Waals surface area contributed by atoms with Crippen molar-refractivity contribution in [2.45, 2.75) is 46.6 Å². The van der Waals surface area contributed by atoms with Crippen molar-refractivity contribution in [3.8, 4) is 0 Å². The van der Waals surface area contributed by atoms with E-state index in [2.05, 4.69) is 15.3 Å². The van der Waals surface area contributed by atoms with E-state index in [1.54, 1.807) is 20.8 Å². The number of aryl methyl sites for hydroxylation is 2. The minimum atomic E-state index is -1.05. The van der Waals surface area contributed by atoms with Crippen molar-refractivity contribution in [3.05, 3.63) is 27.4 Å². The number of aliphatic carboxylic acids is 1. The number of aromatic amines is 1. The second-order valence-electron chi connectivity index (χ2n) is 5.18. The van der Waals surface area contributed by atoms with Crippen LogP contribution in [0, 0.1) is 19.8 Å². The summed E-state index contributed by atoms with van der Waals surface area (Å²) in [7, 11) is 0. The molecule has 116 valence electrons. The van der Waals surface area contributed by atoms with E-state index in [-0.39, 0.29) is 12.3 Å². The normalized spacial score (nSPS) is 13.5. The smallest absolute Gasteiger partial charge is 0.345 e. The monoisotopic (exact) mass is 295 g/mol. The molecule has 7 nitrogen and oxygen atoms in total. The molecule has 0 bridgehead atoms. The van der Waals surface area contributed by atoms with E-state index in [9.17, 15) is 14.4 Å². The minimum Gasteiger partial charge on any atom is -0.480 e. The van der Waals surface area contributed by atoms with Gasteiger partial charge in [0.2, 0.25) is 5.91 Å². The van der Waals surface area contributed by atoms with E-state index in [1.165, 1.54) is 0 Å². The Labute approximate surface area is 122 Å². The highest BCUT2D eigenvalue weighted by Crippen LogP contribution is 2.10. The number of carbonyl (C=O) groups excluding carboxylic acids is 1. The molecule has 0 aliphatic carbocycles. The van der Waals surface area contributed by atoms with Gasteiger partial charge in [-0.25, -0.2) is 9.59 Å². The lowest BCUT2D eigenvalue weighted by molar-refractivity contribution is -0.143. The van der Waals surface area contributed by atoms with Crippen molar-refractivity contribution in [1.29, 1.82) is 0 Å². The molecular formula is C14H21N3O4. The number of H-pyrrole nitrogens is 1. The maximum absolute atomic E-state index is 12.0. The maximum Gasteiger partial charge on any atom is 0.345 e. The first-order valence-corrected chi connectivity index (χ1v) is 6.84. The molecule has 0 radical (unpaired) electrons. The number of hydrogen-bond donors (Lipinski definition) is 3. The van der Waals surface area contributed by atoms with E-state index in [0.717, 1.165) is 0 Å². The summed E-state index contributed by atoms with van der Waals surface area (Å²) < 4.78 is 0. The molecule has 1 heterocycles. The molecular weight excluding hydrogens is 274 g/mol. The molecule has 1 aromatic heterocycles. The van der Waals surface area contributed by atoms with Gasteiger partial charge in [-0.05, 0) is 19.8 Å². The molecule has 0 saturated heterocycles. The van der Waals surface area contributed by atoms with Gasteiger partial charge < -0.3 is 15.4 Å². The van der Waals surface area contributed by atoms with Crippen LogP contribution in [0.1, 0.15) is 37.2 Å². The second kappa shape index (κ2) is 7.01. The molecule has 1 unspecified atom stereocenters. The Morgan fingerprint density at radius 3 is 2.48 bits per heavy atom. The quantitative estimate of drug-likeness (QED) is 0.709. The fraction of sp³-hybridized carbons (Fsp3) is 0.571. The summed E-state index contributed by atoms with van der Waals surface area (Å²) in [6.45, 7) is 6.97. The number of nitrogens with zero attached hydrogens (tertiary/aromatic N) is 1. The summed E-state index contributed by atoms with van der Waals surface area (Å²) in [5.41, 5.74) is 1.19. The van der Waals surface area contributed by atoms with Crippen LogP contribution in [0.4, 0.5) is 0 Å². The summed E-state index contributed by atoms with van der Waals surface area (Å²) in [5.74, 6) is -1.61. The molecule has 0 saturated carbocycles. The summed E-state index contributed by atoms with van der Waals surface area (Å²) >= 11 is 0. The van der Waals surface area contributed by atoms with Gasteiger partial charge in [-0.15, -0.1) is 0 Å². The second-order valence-corrected chi connectivity index (χ2v) is 5.18. The Morgan fingerprint density at radius 1 is 1.38 bits per heavy atom. The van der Waals surface area contributed by atoms with E-state index in [4.69, 9.17) is 5.11 Å². The van der Waals surface area contributed by atoms with Crippen LogP contribution in [-0.2, 0) is 16.0 Å². The highest BCUT2D eigenvalue weighted by atomic mass is 16.4. The number of aromatic nitrogens is 2. The van der Waals surface area contributed by atoms with Gasteiger partial charge in [0.1, 0.15) is 6.04 Å². The standard InChI is InChI=1S/C14H21N3O4/c1-5-7(2)12(13(19)20)17-11(18)6-10-8(3)15-14(21)16-9(10)4/h7,12H,5-6H2,1-4H3,(H,17,18)(H,19,20)(H,15,16,21)/t7?,12-/m0/s1. The van der Waals surface area contributed by atoms with Gasteiger partial charge in [-0.3, -0.25) is 4.79 Å². The lowest BCUT2D eigenvalue weighted by Gasteiger charge is -2.20. The van der Waals surface area contributed by atoms with Crippen molar-refractivity contribution >= 4 is 11.9 Å². The minimum absolute atomic E-state index is 0.0122. The lowest BCUT2D eigenvalue weighted by Crippen LogP contribution is -2.45. The Balaban J connectivity index is 2.87. The number of carboxylic acid groups (broad SMARTS) is 1. The van der Waals surface area contributed by atoms with Gasteiger partial charge in [0.25, 0.3) is 0 Å². The zero-order valence-electron chi connectivity index (χ0n) is 12.7. The highest BCUT2D eigenvalue weighted by Gasteiger charge is 2.25. The molecule has 21 heavy (non-hydrogen) atoms. The third-order valence-electron chi connectivity index (χ3n) is 3.59. The van der Waals surface area contributed by atoms with Crippen LogP contribution in [0.25, 0.3) is 0 Å². The average Bonchev–Trinajstić information content (AvgIpc) is 2.39. The topological polar surface area (TPSA) is 112 Å². The fourth-order valence-corrected chi connectivity index (χ4v) is 2.08. The van der Waals surface area contributed by atoms with E-state index in [1.807, 2.05) is 6.92 Å². The van der Waals surface area contributed by atoms with Crippen molar-refractivity contribution in [3.63, 3.8) is 0 Å². The van der Waals surface area contributed by atoms with Gasteiger partial charge >= 0.3 is 11.7 Å². The van der Waals surface area contributed by atoms with Crippen molar-refractivity contribution in [1.82, 2.24) is 15.3 Å². The molecule has 0 spiro atoms. The van der Waals surface area contributed by atoms with Crippen LogP contribution in [-0.4, -0.2) is 33.0 Å². The lowest BCUT2D eigenvalue weighted by atomic mass is 9.98. The Hall–Kier alpha value is -2.18. The van der Waals surface area contributed by atoms with Crippen molar-refractivity contribution in [2.24, 2.45) is 5.92 Å². The summed E-state index contributed by atoms with van der Waals surface area (Å²) in [6.07, 6.45) is 0.636. The Bertz CT molecular complexity index is 568. The van der Waals surface area contributed by atoms with Crippen LogP contribution in [0.2, 0.25) is 0 Å². The number of carbonyl (C=O) groups is 2. The molecule has 2 atom stereocenters. The first-order chi connectivity index (χ1) is 9.76. The van der Waals surface area contributed by atoms with E-state index in [0.29, 0.717) is 23.4 Å². The van der Waals surface area contributed by atoms with Crippen LogP contribution < -0.4 is 11.0 Å². The molecule has 1 amide bonds. The van der Waals surface area contributed by atoms with E-state index < -0.39 is 23.6 Å². The van der Waals surface area contributed by atoms with Crippen molar-refractivity contribution < 1.29 is 14.7 Å². The largest absolute Gasteiger partial charge is 0.480 e. The fourth-order valence-electron chi connectivity index (χ4n) is 2.08. The number of amides is 1. The molecule has 0 fully saturated rings. The SMILES string of the molecule is CCC(C)[C@H](NC(=O)Cc1c(C)nc(=O)[nH]c1C)C(=O)O. The van der Waals surface area contributed by atoms with Crippen LogP contribution in [0.3, 0.4) is 0 Å². The zero-order chi connectivity index (χ0) is 16.2. The maximum atomic E-state index is 12.0. The average molecular weight is 295 g/mol. The summed E-state index contributed by atoms with van der Waals surface area (Å²) in [5, 5.41) is 11.7. The van der Waals surface area contributed by atoms with Gasteiger partial charge in [0.15, 0.2) is 0 Å².